The number of nitrogens with one attached hydrogen (secondary N) is 3. The molecule has 0 unspecified atom stereocenters. The molecule has 0 fully saturated rings. The maximum absolute atomic E-state index is 10.3. The van der Waals surface area contributed by atoms with Crippen molar-refractivity contribution in [2.45, 2.75) is 110 Å². The van der Waals surface area contributed by atoms with Crippen LogP contribution in [0.4, 0.5) is 0 Å². The van der Waals surface area contributed by atoms with E-state index in [0.717, 1.165) is 52.1 Å². The first-order valence-corrected chi connectivity index (χ1v) is 13.9. The van der Waals surface area contributed by atoms with E-state index in [-0.39, 0.29) is 0 Å². The van der Waals surface area contributed by atoms with Crippen molar-refractivity contribution in [3.05, 3.63) is 0 Å². The highest BCUT2D eigenvalue weighted by Crippen LogP contribution is 2.13. The molecule has 0 aromatic heterocycles. The van der Waals surface area contributed by atoms with Crippen molar-refractivity contribution < 1.29 is 9.90 Å². The fraction of sp³-hybridized carbons (Fsp3) is 0.962. The third-order valence-electron chi connectivity index (χ3n) is 5.59. The topological polar surface area (TPSA) is 125 Å². The quantitative estimate of drug-likeness (QED) is 0.105. The number of aliphatic carboxylic acids is 1. The van der Waals surface area contributed by atoms with Crippen LogP contribution in [0, 0.1) is 0 Å². The summed E-state index contributed by atoms with van der Waals surface area (Å²) >= 11 is 0. The minimum atomic E-state index is -0.653. The van der Waals surface area contributed by atoms with Gasteiger partial charge < -0.3 is 32.5 Å². The van der Waals surface area contributed by atoms with Crippen LogP contribution in [-0.4, -0.2) is 63.4 Å². The van der Waals surface area contributed by atoms with Crippen LogP contribution < -0.4 is 27.4 Å². The normalized spacial score (nSPS) is 10.8. The molecule has 0 aliphatic rings. The molecule has 8 N–H and O–H groups in total. The van der Waals surface area contributed by atoms with Gasteiger partial charge in [-0.2, -0.15) is 0 Å². The molecule has 0 rings (SSSR count). The van der Waals surface area contributed by atoms with E-state index in [9.17, 15) is 4.79 Å². The van der Waals surface area contributed by atoms with Gasteiger partial charge in [0.1, 0.15) is 0 Å². The summed E-state index contributed by atoms with van der Waals surface area (Å²) in [6, 6.07) is 0. The van der Waals surface area contributed by atoms with Crippen molar-refractivity contribution in [1.82, 2.24) is 16.0 Å². The van der Waals surface area contributed by atoms with E-state index >= 15 is 0 Å². The monoisotopic (exact) mass is 473 g/mol. The second kappa shape index (κ2) is 33.4. The molecule has 0 amide bonds. The number of hydrogen-bond donors (Lipinski definition) is 6. The van der Waals surface area contributed by atoms with Gasteiger partial charge in [0.25, 0.3) is 0 Å². The maximum atomic E-state index is 10.3. The molecule has 0 aliphatic carbocycles. The zero-order valence-electron chi connectivity index (χ0n) is 22.0. The highest BCUT2D eigenvalue weighted by atomic mass is 16.4. The van der Waals surface area contributed by atoms with Crippen molar-refractivity contribution in [2.24, 2.45) is 11.5 Å². The first kappa shape index (κ1) is 34.4. The third kappa shape index (κ3) is 38.8. The van der Waals surface area contributed by atoms with Crippen molar-refractivity contribution in [3.63, 3.8) is 0 Å². The highest BCUT2D eigenvalue weighted by Gasteiger charge is 1.97. The lowest BCUT2D eigenvalue weighted by molar-refractivity contribution is -0.137. The number of carboxylic acids is 1. The van der Waals surface area contributed by atoms with Gasteiger partial charge in [0.05, 0.1) is 0 Å². The molecule has 33 heavy (non-hydrogen) atoms. The van der Waals surface area contributed by atoms with Gasteiger partial charge in [0.2, 0.25) is 0 Å². The van der Waals surface area contributed by atoms with Crippen LogP contribution in [0.5, 0.6) is 0 Å². The fourth-order valence-corrected chi connectivity index (χ4v) is 3.58. The summed E-state index contributed by atoms with van der Waals surface area (Å²) < 4.78 is 0. The second-order valence-electron chi connectivity index (χ2n) is 8.92. The highest BCUT2D eigenvalue weighted by molar-refractivity contribution is 5.66. The number of unbranched alkanes of at least 4 members (excludes halogenated alkanes) is 14. The number of hydrogen-bond acceptors (Lipinski definition) is 6. The summed E-state index contributed by atoms with van der Waals surface area (Å²) in [7, 11) is 0. The van der Waals surface area contributed by atoms with Gasteiger partial charge in [-0.3, -0.25) is 4.79 Å². The van der Waals surface area contributed by atoms with E-state index in [1.54, 1.807) is 0 Å². The van der Waals surface area contributed by atoms with E-state index in [4.69, 9.17) is 16.6 Å². The van der Waals surface area contributed by atoms with Crippen molar-refractivity contribution in [2.75, 3.05) is 52.4 Å². The Kier molecular flexibility index (Phi) is 34.9. The van der Waals surface area contributed by atoms with Crippen LogP contribution in [0.2, 0.25) is 0 Å². The Labute approximate surface area is 205 Å². The summed E-state index contributed by atoms with van der Waals surface area (Å²) in [5.41, 5.74) is 10.6. The summed E-state index contributed by atoms with van der Waals surface area (Å²) in [6.45, 7) is 9.42. The number of carboxylic acid groups (broad SMARTS) is 1. The van der Waals surface area contributed by atoms with Crippen LogP contribution in [0.25, 0.3) is 0 Å². The van der Waals surface area contributed by atoms with Crippen molar-refractivity contribution >= 4 is 5.97 Å². The van der Waals surface area contributed by atoms with Crippen LogP contribution in [0.3, 0.4) is 0 Å². The summed E-state index contributed by atoms with van der Waals surface area (Å²) in [5, 5.41) is 18.2. The Morgan fingerprint density at radius 3 is 1.15 bits per heavy atom. The van der Waals surface area contributed by atoms with E-state index in [0.29, 0.717) is 19.5 Å². The average molecular weight is 474 g/mol. The van der Waals surface area contributed by atoms with Gasteiger partial charge in [-0.05, 0) is 6.42 Å². The molecule has 0 aromatic carbocycles. The van der Waals surface area contributed by atoms with Gasteiger partial charge in [-0.25, -0.2) is 0 Å². The first-order chi connectivity index (χ1) is 16.2. The fourth-order valence-electron chi connectivity index (χ4n) is 3.58. The molecule has 0 heterocycles. The third-order valence-corrected chi connectivity index (χ3v) is 5.59. The number of rotatable bonds is 26. The molecule has 0 radical (unpaired) electrons. The molecule has 0 saturated heterocycles. The molecular weight excluding hydrogens is 414 g/mol. The van der Waals surface area contributed by atoms with E-state index in [2.05, 4.69) is 22.9 Å². The number of carbonyl (C=O) groups is 1. The van der Waals surface area contributed by atoms with Crippen molar-refractivity contribution in [1.29, 1.82) is 0 Å². The van der Waals surface area contributed by atoms with Gasteiger partial charge in [-0.1, -0.05) is 96.8 Å². The lowest BCUT2D eigenvalue weighted by atomic mass is 10.0. The Morgan fingerprint density at radius 1 is 0.545 bits per heavy atom. The summed E-state index contributed by atoms with van der Waals surface area (Å²) in [6.07, 6.45) is 20.2. The Balaban J connectivity index is 0. The molecular formula is C26H59N5O2. The van der Waals surface area contributed by atoms with Crippen LogP contribution in [0.1, 0.15) is 110 Å². The molecule has 0 saturated carbocycles. The zero-order chi connectivity index (χ0) is 24.7. The van der Waals surface area contributed by atoms with Crippen LogP contribution >= 0.6 is 0 Å². The van der Waals surface area contributed by atoms with E-state index < -0.39 is 5.97 Å². The van der Waals surface area contributed by atoms with Gasteiger partial charge in [-0.15, -0.1) is 0 Å². The van der Waals surface area contributed by atoms with Crippen LogP contribution in [-0.2, 0) is 4.79 Å². The SMILES string of the molecule is CCCCCCCCCCCCCCCCCC(=O)O.NCCNCCNCCNCCN. The van der Waals surface area contributed by atoms with E-state index in [1.165, 1.54) is 83.5 Å². The molecule has 0 aromatic rings. The van der Waals surface area contributed by atoms with Crippen LogP contribution in [0.15, 0.2) is 0 Å². The Hall–Kier alpha value is -0.730. The first-order valence-electron chi connectivity index (χ1n) is 13.9. The Bertz CT molecular complexity index is 350. The lowest BCUT2D eigenvalue weighted by Crippen LogP contribution is -2.35. The van der Waals surface area contributed by atoms with Crippen molar-refractivity contribution in [3.8, 4) is 0 Å². The predicted molar refractivity (Wildman–Crippen MR) is 144 cm³/mol. The second-order valence-corrected chi connectivity index (χ2v) is 8.92. The lowest BCUT2D eigenvalue weighted by Gasteiger charge is -2.06. The standard InChI is InChI=1S/C18H36O2.C8H23N5/c1-2-3-4-5-6-7-8-9-10-11-12-13-14-15-16-17-18(19)20;9-1-3-11-5-7-13-8-6-12-4-2-10/h2-17H2,1H3,(H,19,20);11-13H,1-10H2. The molecule has 0 atom stereocenters. The largest absolute Gasteiger partial charge is 0.481 e. The predicted octanol–water partition coefficient (Wildman–Crippen LogP) is 4.01. The minimum Gasteiger partial charge on any atom is -0.481 e. The zero-order valence-corrected chi connectivity index (χ0v) is 22.0. The van der Waals surface area contributed by atoms with Gasteiger partial charge in [0.15, 0.2) is 0 Å². The minimum absolute atomic E-state index is 0.345. The van der Waals surface area contributed by atoms with Gasteiger partial charge in [0, 0.05) is 58.8 Å². The summed E-state index contributed by atoms with van der Waals surface area (Å²) in [5.74, 6) is -0.653. The Morgan fingerprint density at radius 2 is 0.848 bits per heavy atom. The maximum Gasteiger partial charge on any atom is 0.303 e. The number of nitrogens with two attached hydrogens (primary N) is 2. The molecule has 7 heteroatoms. The summed E-state index contributed by atoms with van der Waals surface area (Å²) in [4.78, 5) is 10.3. The molecule has 0 bridgehead atoms. The van der Waals surface area contributed by atoms with E-state index in [1.807, 2.05) is 0 Å². The molecule has 0 aliphatic heterocycles. The molecule has 200 valence electrons. The molecule has 7 nitrogen and oxygen atoms in total. The van der Waals surface area contributed by atoms with Gasteiger partial charge >= 0.3 is 5.97 Å². The molecule has 0 spiro atoms. The smallest absolute Gasteiger partial charge is 0.303 e. The average Bonchev–Trinajstić information content (AvgIpc) is 2.81.